The third-order valence-corrected chi connectivity index (χ3v) is 4.61. The molecule has 0 spiro atoms. The summed E-state index contributed by atoms with van der Waals surface area (Å²) in [5.74, 6) is 0. The first-order valence-corrected chi connectivity index (χ1v) is 9.55. The van der Waals surface area contributed by atoms with Crippen LogP contribution >= 0.6 is 0 Å². The van der Waals surface area contributed by atoms with Gasteiger partial charge in [-0.05, 0) is 52.0 Å². The zero-order valence-corrected chi connectivity index (χ0v) is 17.0. The lowest BCUT2D eigenvalue weighted by Gasteiger charge is -2.33. The van der Waals surface area contributed by atoms with Gasteiger partial charge in [-0.25, -0.2) is 5.26 Å². The van der Waals surface area contributed by atoms with Gasteiger partial charge in [0, 0.05) is 39.3 Å². The van der Waals surface area contributed by atoms with Crippen LogP contribution in [0.1, 0.15) is 33.6 Å². The third kappa shape index (κ3) is 11.9. The smallest absolute Gasteiger partial charge is 0.138 e. The van der Waals surface area contributed by atoms with Crippen molar-refractivity contribution in [1.29, 1.82) is 0 Å². The van der Waals surface area contributed by atoms with Crippen LogP contribution in [0, 0.1) is 5.41 Å². The van der Waals surface area contributed by atoms with Crippen LogP contribution in [0.3, 0.4) is 0 Å². The highest BCUT2D eigenvalue weighted by Gasteiger charge is 2.18. The molecule has 0 radical (unpaired) electrons. The Morgan fingerprint density at radius 1 is 0.760 bits per heavy atom. The number of likely N-dealkylation sites (N-methyl/N-ethyl adjacent to an activating group) is 2. The maximum absolute atomic E-state index is 8.47. The van der Waals surface area contributed by atoms with Gasteiger partial charge >= 0.3 is 0 Å². The summed E-state index contributed by atoms with van der Waals surface area (Å²) in [6.07, 6.45) is 2.26. The van der Waals surface area contributed by atoms with E-state index in [2.05, 4.69) is 59.5 Å². The Hall–Kier alpha value is -0.280. The van der Waals surface area contributed by atoms with E-state index in [1.54, 1.807) is 0 Å². The highest BCUT2D eigenvalue weighted by Crippen LogP contribution is 2.15. The minimum absolute atomic E-state index is 0.287. The quantitative estimate of drug-likeness (QED) is 0.604. The van der Waals surface area contributed by atoms with Crippen molar-refractivity contribution in [2.75, 3.05) is 79.7 Å². The molecule has 1 aliphatic rings. The number of rotatable bonds is 4. The molecule has 0 amide bonds. The summed E-state index contributed by atoms with van der Waals surface area (Å²) in [4.78, 5) is 14.3. The van der Waals surface area contributed by atoms with Crippen molar-refractivity contribution in [2.45, 2.75) is 33.6 Å². The largest absolute Gasteiger partial charge is 0.305 e. The van der Waals surface area contributed by atoms with E-state index in [0.29, 0.717) is 6.73 Å². The van der Waals surface area contributed by atoms with Crippen molar-refractivity contribution in [3.05, 3.63) is 0 Å². The zero-order chi connectivity index (χ0) is 18.7. The van der Waals surface area contributed by atoms with Crippen molar-refractivity contribution in [3.63, 3.8) is 0 Å². The van der Waals surface area contributed by atoms with Gasteiger partial charge in [-0.3, -0.25) is 4.90 Å². The number of hydrogen-bond acceptors (Lipinski definition) is 7. The molecule has 1 saturated heterocycles. The van der Waals surface area contributed by atoms with Crippen LogP contribution in [0.25, 0.3) is 0 Å². The molecule has 0 bridgehead atoms. The van der Waals surface area contributed by atoms with Crippen LogP contribution in [0.2, 0.25) is 0 Å². The Kier molecular flexibility index (Phi) is 11.1. The molecule has 0 unspecified atom stereocenters. The van der Waals surface area contributed by atoms with E-state index >= 15 is 0 Å². The first-order valence-electron chi connectivity index (χ1n) is 9.55. The third-order valence-electron chi connectivity index (χ3n) is 4.61. The van der Waals surface area contributed by atoms with Crippen LogP contribution in [0.4, 0.5) is 0 Å². The van der Waals surface area contributed by atoms with Gasteiger partial charge in [0.1, 0.15) is 6.73 Å². The van der Waals surface area contributed by atoms with E-state index in [0.717, 1.165) is 65.3 Å². The van der Waals surface area contributed by atoms with E-state index in [4.69, 9.17) is 10.1 Å². The van der Waals surface area contributed by atoms with E-state index in [1.165, 1.54) is 6.42 Å². The average Bonchev–Trinajstić information content (AvgIpc) is 2.52. The van der Waals surface area contributed by atoms with E-state index in [-0.39, 0.29) is 5.41 Å². The van der Waals surface area contributed by atoms with E-state index < -0.39 is 0 Å². The van der Waals surface area contributed by atoms with E-state index in [9.17, 15) is 0 Å². The monoisotopic (exact) mass is 360 g/mol. The maximum Gasteiger partial charge on any atom is 0.138 e. The summed E-state index contributed by atoms with van der Waals surface area (Å²) in [7, 11) is 4.41. The Balaban J connectivity index is 2.64. The van der Waals surface area contributed by atoms with Gasteiger partial charge in [0.2, 0.25) is 0 Å². The maximum atomic E-state index is 8.47. The van der Waals surface area contributed by atoms with Gasteiger partial charge in [0.05, 0.1) is 0 Å². The number of nitrogens with zero attached hydrogens (tertiary/aromatic N) is 4. The van der Waals surface area contributed by atoms with Crippen molar-refractivity contribution in [2.24, 2.45) is 5.41 Å². The van der Waals surface area contributed by atoms with Crippen LogP contribution in [0.15, 0.2) is 0 Å². The van der Waals surface area contributed by atoms with Gasteiger partial charge < -0.3 is 14.7 Å². The predicted molar refractivity (Wildman–Crippen MR) is 101 cm³/mol. The minimum Gasteiger partial charge on any atom is -0.305 e. The fourth-order valence-electron chi connectivity index (χ4n) is 3.26. The van der Waals surface area contributed by atoms with Crippen LogP contribution < -0.4 is 0 Å². The molecular weight excluding hydrogens is 320 g/mol. The molecule has 150 valence electrons. The normalized spacial score (nSPS) is 22.8. The topological polar surface area (TPSA) is 51.7 Å². The molecule has 0 atom stereocenters. The standard InChI is InChI=1S/C18H40N4O3/c1-18(2,3)16-21-10-6-8-19(4)12-13-20(5)9-7-11-22(15-14-21)17-24-25-23/h23H,6-17H2,1-5H3. The van der Waals surface area contributed by atoms with Gasteiger partial charge in [-0.15, -0.1) is 0 Å². The first-order chi connectivity index (χ1) is 11.8. The second kappa shape index (κ2) is 12.2. The second-order valence-electron chi connectivity index (χ2n) is 8.59. The van der Waals surface area contributed by atoms with Crippen molar-refractivity contribution in [1.82, 2.24) is 19.6 Å². The zero-order valence-electron chi connectivity index (χ0n) is 17.0. The molecule has 1 N–H and O–H groups in total. The summed E-state index contributed by atoms with van der Waals surface area (Å²) in [5, 5.41) is 12.3. The number of hydrogen-bond donors (Lipinski definition) is 1. The molecule has 1 aliphatic heterocycles. The fraction of sp³-hybridized carbons (Fsp3) is 1.00. The second-order valence-corrected chi connectivity index (χ2v) is 8.59. The predicted octanol–water partition coefficient (Wildman–Crippen LogP) is 1.67. The Labute approximate surface area is 154 Å². The highest BCUT2D eigenvalue weighted by atomic mass is 17.5. The van der Waals surface area contributed by atoms with E-state index in [1.807, 2.05) is 0 Å². The Morgan fingerprint density at radius 3 is 1.80 bits per heavy atom. The first kappa shape index (κ1) is 22.8. The summed E-state index contributed by atoms with van der Waals surface area (Å²) in [6.45, 7) is 16.6. The van der Waals surface area contributed by atoms with Gasteiger partial charge in [0.15, 0.2) is 0 Å². The van der Waals surface area contributed by atoms with Crippen molar-refractivity contribution >= 4 is 0 Å². The molecule has 0 saturated carbocycles. The molecule has 1 rings (SSSR count). The molecule has 0 aromatic rings. The molecule has 0 aromatic carbocycles. The van der Waals surface area contributed by atoms with Crippen LogP contribution in [0.5, 0.6) is 0 Å². The molecule has 7 heteroatoms. The SMILES string of the molecule is CN1CCCN(COOO)CCN(CC(C)(C)C)CCCN(C)CC1. The summed E-state index contributed by atoms with van der Waals surface area (Å²) >= 11 is 0. The van der Waals surface area contributed by atoms with Gasteiger partial charge in [-0.1, -0.05) is 25.8 Å². The summed E-state index contributed by atoms with van der Waals surface area (Å²) < 4.78 is 0. The Bertz CT molecular complexity index is 339. The lowest BCUT2D eigenvalue weighted by atomic mass is 9.96. The molecule has 1 heterocycles. The highest BCUT2D eigenvalue weighted by molar-refractivity contribution is 4.72. The lowest BCUT2D eigenvalue weighted by molar-refractivity contribution is -0.499. The van der Waals surface area contributed by atoms with Crippen LogP contribution in [-0.2, 0) is 9.93 Å². The molecule has 25 heavy (non-hydrogen) atoms. The van der Waals surface area contributed by atoms with Crippen LogP contribution in [-0.4, -0.2) is 105 Å². The van der Waals surface area contributed by atoms with Gasteiger partial charge in [0.25, 0.3) is 0 Å². The molecular formula is C18H40N4O3. The summed E-state index contributed by atoms with van der Waals surface area (Å²) in [6, 6.07) is 0. The summed E-state index contributed by atoms with van der Waals surface area (Å²) in [5.41, 5.74) is 0.287. The molecule has 1 fully saturated rings. The van der Waals surface area contributed by atoms with Crippen molar-refractivity contribution in [3.8, 4) is 0 Å². The molecule has 0 aliphatic carbocycles. The molecule has 0 aromatic heterocycles. The average molecular weight is 361 g/mol. The lowest BCUT2D eigenvalue weighted by Crippen LogP contribution is -2.42. The van der Waals surface area contributed by atoms with Crippen molar-refractivity contribution < 1.29 is 15.2 Å². The van der Waals surface area contributed by atoms with Gasteiger partial charge in [-0.2, -0.15) is 4.89 Å². The fourth-order valence-corrected chi connectivity index (χ4v) is 3.26. The molecule has 7 nitrogen and oxygen atoms in total. The Morgan fingerprint density at radius 2 is 1.28 bits per heavy atom. The minimum atomic E-state index is 0.287.